The third-order valence-corrected chi connectivity index (χ3v) is 6.41. The number of carboxylic acids is 1. The topological polar surface area (TPSA) is 40.1 Å². The normalized spacial score (nSPS) is 13.3. The minimum atomic E-state index is -0.915. The quantitative estimate of drug-likeness (QED) is 0.195. The van der Waals surface area contributed by atoms with Crippen LogP contribution in [0.1, 0.15) is 102 Å². The molecular weight excluding hydrogens is 370 g/mol. The fourth-order valence-electron chi connectivity index (χ4n) is 4.30. The molecule has 0 heterocycles. The molecule has 0 bridgehead atoms. The van der Waals surface area contributed by atoms with Crippen LogP contribution in [-0.4, -0.2) is 37.1 Å². The van der Waals surface area contributed by atoms with Crippen molar-refractivity contribution in [2.24, 2.45) is 0 Å². The van der Waals surface area contributed by atoms with Gasteiger partial charge in [-0.1, -0.05) is 88.6 Å². The van der Waals surface area contributed by atoms with Crippen LogP contribution in [0.15, 0.2) is 30.3 Å². The molecule has 0 saturated carbocycles. The standard InChI is InChI=1S/C27H47NO2/c1-3-4-5-6-7-8-9-10-11-17-23-28(2,24-18-13-16-21-27(29)30)25-22-26-19-14-12-15-20-26/h12,14-15,19-20H,3-11,13,16-18,21-25H2,1-2H3. The van der Waals surface area contributed by atoms with Crippen LogP contribution in [0.2, 0.25) is 0 Å². The molecule has 0 aliphatic carbocycles. The van der Waals surface area contributed by atoms with E-state index in [1.807, 2.05) is 0 Å². The molecule has 1 rings (SSSR count). The van der Waals surface area contributed by atoms with Gasteiger partial charge in [-0.2, -0.15) is 0 Å². The number of nitrogens with zero attached hydrogens (tertiary/aromatic N) is 1. The average Bonchev–Trinajstić information content (AvgIpc) is 2.74. The summed E-state index contributed by atoms with van der Waals surface area (Å²) in [7, 11) is 2.40. The number of hydrogen-bond donors (Lipinski definition) is 0. The molecule has 3 heteroatoms. The number of benzene rings is 1. The van der Waals surface area contributed by atoms with Crippen molar-refractivity contribution in [1.82, 2.24) is 0 Å². The molecular formula is C27H47NO2. The van der Waals surface area contributed by atoms with Gasteiger partial charge < -0.3 is 14.4 Å². The molecule has 0 radical (unpaired) electrons. The van der Waals surface area contributed by atoms with E-state index in [-0.39, 0.29) is 6.42 Å². The monoisotopic (exact) mass is 417 g/mol. The van der Waals surface area contributed by atoms with Gasteiger partial charge in [-0.05, 0) is 44.1 Å². The average molecular weight is 418 g/mol. The lowest BCUT2D eigenvalue weighted by atomic mass is 10.1. The van der Waals surface area contributed by atoms with Crippen LogP contribution in [0.3, 0.4) is 0 Å². The Morgan fingerprint density at radius 3 is 1.77 bits per heavy atom. The van der Waals surface area contributed by atoms with E-state index >= 15 is 0 Å². The van der Waals surface area contributed by atoms with Gasteiger partial charge in [0.05, 0.1) is 26.7 Å². The Hall–Kier alpha value is -1.35. The van der Waals surface area contributed by atoms with Gasteiger partial charge in [0.2, 0.25) is 0 Å². The summed E-state index contributed by atoms with van der Waals surface area (Å²) in [5, 5.41) is 10.6. The molecule has 0 aliphatic rings. The van der Waals surface area contributed by atoms with Crippen molar-refractivity contribution in [2.45, 2.75) is 103 Å². The fraction of sp³-hybridized carbons (Fsp3) is 0.741. The molecule has 0 amide bonds. The zero-order valence-electron chi connectivity index (χ0n) is 19.9. The lowest BCUT2D eigenvalue weighted by Crippen LogP contribution is -2.47. The van der Waals surface area contributed by atoms with Crippen molar-refractivity contribution in [1.29, 1.82) is 0 Å². The van der Waals surface area contributed by atoms with Crippen molar-refractivity contribution in [2.75, 3.05) is 26.7 Å². The van der Waals surface area contributed by atoms with E-state index in [9.17, 15) is 9.90 Å². The molecule has 0 fully saturated rings. The maximum atomic E-state index is 10.6. The van der Waals surface area contributed by atoms with Crippen molar-refractivity contribution in [3.05, 3.63) is 35.9 Å². The highest BCUT2D eigenvalue weighted by Crippen LogP contribution is 2.15. The molecule has 172 valence electrons. The summed E-state index contributed by atoms with van der Waals surface area (Å²) in [6.45, 7) is 5.84. The Kier molecular flexibility index (Phi) is 15.4. The second kappa shape index (κ2) is 17.3. The van der Waals surface area contributed by atoms with Crippen LogP contribution in [0.5, 0.6) is 0 Å². The van der Waals surface area contributed by atoms with Gasteiger partial charge in [-0.15, -0.1) is 0 Å². The van der Waals surface area contributed by atoms with Crippen LogP contribution in [-0.2, 0) is 11.2 Å². The summed E-state index contributed by atoms with van der Waals surface area (Å²) in [5.41, 5.74) is 1.42. The smallest absolute Gasteiger partial charge is 0.0825 e. The van der Waals surface area contributed by atoms with E-state index in [4.69, 9.17) is 0 Å². The number of rotatable bonds is 20. The van der Waals surface area contributed by atoms with Gasteiger partial charge in [-0.3, -0.25) is 0 Å². The molecule has 0 saturated heterocycles. The number of carbonyl (C=O) groups excluding carboxylic acids is 1. The molecule has 3 nitrogen and oxygen atoms in total. The number of hydrogen-bond acceptors (Lipinski definition) is 2. The fourth-order valence-corrected chi connectivity index (χ4v) is 4.30. The third-order valence-electron chi connectivity index (χ3n) is 6.41. The van der Waals surface area contributed by atoms with Crippen LogP contribution < -0.4 is 5.11 Å². The number of likely N-dealkylation sites (N-methyl/N-ethyl adjacent to an activating group) is 1. The maximum Gasteiger partial charge on any atom is 0.0825 e. The van der Waals surface area contributed by atoms with E-state index in [1.165, 1.54) is 82.9 Å². The first-order chi connectivity index (χ1) is 14.6. The van der Waals surface area contributed by atoms with Gasteiger partial charge in [0, 0.05) is 12.4 Å². The molecule has 1 atom stereocenters. The highest BCUT2D eigenvalue weighted by molar-refractivity contribution is 5.64. The van der Waals surface area contributed by atoms with E-state index in [0.717, 1.165) is 36.7 Å². The minimum absolute atomic E-state index is 0.201. The summed E-state index contributed by atoms with van der Waals surface area (Å²) < 4.78 is 1.11. The van der Waals surface area contributed by atoms with Crippen molar-refractivity contribution < 1.29 is 14.4 Å². The largest absolute Gasteiger partial charge is 0.550 e. The van der Waals surface area contributed by atoms with Gasteiger partial charge >= 0.3 is 0 Å². The molecule has 1 aromatic rings. The summed E-state index contributed by atoms with van der Waals surface area (Å²) >= 11 is 0. The van der Waals surface area contributed by atoms with Crippen molar-refractivity contribution >= 4 is 5.97 Å². The minimum Gasteiger partial charge on any atom is -0.550 e. The number of aliphatic carboxylic acids is 1. The molecule has 0 N–H and O–H groups in total. The predicted molar refractivity (Wildman–Crippen MR) is 126 cm³/mol. The van der Waals surface area contributed by atoms with Gasteiger partial charge in [0.25, 0.3) is 0 Å². The van der Waals surface area contributed by atoms with Crippen molar-refractivity contribution in [3.63, 3.8) is 0 Å². The zero-order valence-corrected chi connectivity index (χ0v) is 19.9. The summed E-state index contributed by atoms with van der Waals surface area (Å²) in [6.07, 6.45) is 18.0. The van der Waals surface area contributed by atoms with Gasteiger partial charge in [0.1, 0.15) is 0 Å². The van der Waals surface area contributed by atoms with Crippen LogP contribution >= 0.6 is 0 Å². The van der Waals surface area contributed by atoms with Gasteiger partial charge in [0.15, 0.2) is 0 Å². The molecule has 1 unspecified atom stereocenters. The molecule has 0 spiro atoms. The second-order valence-electron chi connectivity index (χ2n) is 9.39. The van der Waals surface area contributed by atoms with Gasteiger partial charge in [-0.25, -0.2) is 0 Å². The summed E-state index contributed by atoms with van der Waals surface area (Å²) in [5.74, 6) is -0.915. The van der Waals surface area contributed by atoms with Crippen molar-refractivity contribution in [3.8, 4) is 0 Å². The molecule has 0 aliphatic heterocycles. The first kappa shape index (κ1) is 26.7. The summed E-state index contributed by atoms with van der Waals surface area (Å²) in [4.78, 5) is 10.6. The Morgan fingerprint density at radius 2 is 1.23 bits per heavy atom. The Morgan fingerprint density at radius 1 is 0.733 bits per heavy atom. The highest BCUT2D eigenvalue weighted by Gasteiger charge is 2.20. The number of unbranched alkanes of at least 4 members (excludes halogenated alkanes) is 11. The third kappa shape index (κ3) is 14.6. The van der Waals surface area contributed by atoms with Crippen LogP contribution in [0.25, 0.3) is 0 Å². The first-order valence-electron chi connectivity index (χ1n) is 12.6. The molecule has 30 heavy (non-hydrogen) atoms. The Balaban J connectivity index is 2.28. The number of quaternary nitrogens is 1. The summed E-state index contributed by atoms with van der Waals surface area (Å²) in [6, 6.07) is 10.8. The first-order valence-corrected chi connectivity index (χ1v) is 12.6. The second-order valence-corrected chi connectivity index (χ2v) is 9.39. The van der Waals surface area contributed by atoms with E-state index in [0.29, 0.717) is 0 Å². The zero-order chi connectivity index (χ0) is 21.9. The van der Waals surface area contributed by atoms with E-state index in [1.54, 1.807) is 0 Å². The lowest BCUT2D eigenvalue weighted by molar-refractivity contribution is -0.909. The SMILES string of the molecule is CCCCCCCCCCCC[N+](C)(CCCCCC(=O)[O-])CCc1ccccc1. The highest BCUT2D eigenvalue weighted by atomic mass is 16.4. The Bertz CT molecular complexity index is 531. The molecule has 0 aromatic heterocycles. The number of carbonyl (C=O) groups is 1. The Labute approximate surface area is 186 Å². The number of carboxylic acid groups (broad SMARTS) is 1. The lowest BCUT2D eigenvalue weighted by Gasteiger charge is -2.35. The van der Waals surface area contributed by atoms with Crippen LogP contribution in [0, 0.1) is 0 Å². The maximum absolute atomic E-state index is 10.6. The van der Waals surface area contributed by atoms with Crippen LogP contribution in [0.4, 0.5) is 0 Å². The van der Waals surface area contributed by atoms with E-state index in [2.05, 4.69) is 44.3 Å². The molecule has 1 aromatic carbocycles. The van der Waals surface area contributed by atoms with E-state index < -0.39 is 5.97 Å². The predicted octanol–water partition coefficient (Wildman–Crippen LogP) is 5.91.